The second-order valence-electron chi connectivity index (χ2n) is 6.99. The van der Waals surface area contributed by atoms with Crippen molar-refractivity contribution in [1.29, 1.82) is 0 Å². The van der Waals surface area contributed by atoms with Crippen LogP contribution in [-0.4, -0.2) is 50.0 Å². The maximum absolute atomic E-state index is 10.4. The van der Waals surface area contributed by atoms with Gasteiger partial charge in [-0.1, -0.05) is 26.0 Å². The van der Waals surface area contributed by atoms with Crippen LogP contribution in [0.3, 0.4) is 0 Å². The maximum atomic E-state index is 10.4. The first kappa shape index (κ1) is 21.3. The van der Waals surface area contributed by atoms with Gasteiger partial charge in [0.25, 0.3) is 0 Å². The fraction of sp³-hybridized carbons (Fsp3) is 0.524. The summed E-state index contributed by atoms with van der Waals surface area (Å²) in [4.78, 5) is 2.21. The smallest absolute Gasteiger partial charge is 0.165 e. The second kappa shape index (κ2) is 11.0. The van der Waals surface area contributed by atoms with Gasteiger partial charge in [0.15, 0.2) is 11.5 Å². The first-order valence-electron chi connectivity index (χ1n) is 9.23. The number of nitrogens with zero attached hydrogens (tertiary/aromatic N) is 1. The Morgan fingerprint density at radius 3 is 2.52 bits per heavy atom. The lowest BCUT2D eigenvalue weighted by atomic mass is 10.1. The molecule has 0 aliphatic rings. The van der Waals surface area contributed by atoms with Crippen molar-refractivity contribution < 1.29 is 23.7 Å². The van der Waals surface area contributed by atoms with E-state index in [1.807, 2.05) is 30.3 Å². The Labute approximate surface area is 161 Å². The van der Waals surface area contributed by atoms with Crippen LogP contribution in [0.15, 0.2) is 41.0 Å². The Balaban J connectivity index is 1.96. The number of furan rings is 1. The molecule has 1 aromatic carbocycles. The van der Waals surface area contributed by atoms with E-state index in [-0.39, 0.29) is 6.61 Å². The van der Waals surface area contributed by atoms with Gasteiger partial charge in [-0.15, -0.1) is 0 Å². The molecule has 0 saturated carbocycles. The third-order valence-electron chi connectivity index (χ3n) is 4.11. The zero-order chi connectivity index (χ0) is 19.6. The van der Waals surface area contributed by atoms with Gasteiger partial charge >= 0.3 is 0 Å². The van der Waals surface area contributed by atoms with Crippen LogP contribution in [0, 0.1) is 5.92 Å². The molecular weight excluding hydrogens is 346 g/mol. The first-order chi connectivity index (χ1) is 13.0. The lowest BCUT2D eigenvalue weighted by Gasteiger charge is -2.27. The molecule has 0 unspecified atom stereocenters. The quantitative estimate of drug-likeness (QED) is 0.612. The topological polar surface area (TPSA) is 64.3 Å². The van der Waals surface area contributed by atoms with Crippen molar-refractivity contribution >= 4 is 0 Å². The van der Waals surface area contributed by atoms with Crippen LogP contribution >= 0.6 is 0 Å². The molecule has 0 radical (unpaired) electrons. The highest BCUT2D eigenvalue weighted by Gasteiger charge is 2.17. The molecular formula is C21H31NO5. The number of hydrogen-bond acceptors (Lipinski definition) is 6. The number of para-hydroxylation sites is 1. The summed E-state index contributed by atoms with van der Waals surface area (Å²) in [5, 5.41) is 10.4. The van der Waals surface area contributed by atoms with Crippen molar-refractivity contribution in [1.82, 2.24) is 4.90 Å². The molecule has 1 atom stereocenters. The minimum atomic E-state index is -0.588. The first-order valence-corrected chi connectivity index (χ1v) is 9.23. The van der Waals surface area contributed by atoms with E-state index in [9.17, 15) is 5.11 Å². The number of aliphatic hydroxyl groups excluding tert-OH is 1. The predicted molar refractivity (Wildman–Crippen MR) is 104 cm³/mol. The Kier molecular flexibility index (Phi) is 8.64. The van der Waals surface area contributed by atoms with Crippen molar-refractivity contribution in [2.75, 3.05) is 33.9 Å². The minimum Gasteiger partial charge on any atom is -0.493 e. The summed E-state index contributed by atoms with van der Waals surface area (Å²) >= 11 is 0. The number of methoxy groups -OCH3 is 2. The van der Waals surface area contributed by atoms with Crippen LogP contribution < -0.4 is 9.47 Å². The zero-order valence-corrected chi connectivity index (χ0v) is 16.7. The lowest BCUT2D eigenvalue weighted by Crippen LogP contribution is -2.36. The molecule has 6 heteroatoms. The molecule has 0 bridgehead atoms. The maximum Gasteiger partial charge on any atom is 0.165 e. The summed E-state index contributed by atoms with van der Waals surface area (Å²) in [6.07, 6.45) is 1.02. The lowest BCUT2D eigenvalue weighted by molar-refractivity contribution is 0.00213. The second-order valence-corrected chi connectivity index (χ2v) is 6.99. The standard InChI is InChI=1S/C21H31NO5/c1-16(2)11-22(12-17-7-5-9-20(24-3)21(17)25-4)13-18(23)14-26-15-19-8-6-10-27-19/h5-10,16,18,23H,11-15H2,1-4H3/t18-/m1/s1. The van der Waals surface area contributed by atoms with Crippen molar-refractivity contribution in [3.63, 3.8) is 0 Å². The van der Waals surface area contributed by atoms with Crippen LogP contribution in [0.1, 0.15) is 25.2 Å². The summed E-state index contributed by atoms with van der Waals surface area (Å²) in [6, 6.07) is 9.53. The minimum absolute atomic E-state index is 0.255. The normalized spacial score (nSPS) is 12.6. The summed E-state index contributed by atoms with van der Waals surface area (Å²) in [7, 11) is 3.28. The van der Waals surface area contributed by atoms with Gasteiger partial charge in [-0.2, -0.15) is 0 Å². The van der Waals surface area contributed by atoms with Gasteiger partial charge in [0, 0.05) is 25.2 Å². The number of ether oxygens (including phenoxy) is 3. The van der Waals surface area contributed by atoms with Crippen molar-refractivity contribution in [2.45, 2.75) is 33.1 Å². The van der Waals surface area contributed by atoms with Gasteiger partial charge in [0.1, 0.15) is 12.4 Å². The van der Waals surface area contributed by atoms with E-state index in [1.54, 1.807) is 20.5 Å². The van der Waals surface area contributed by atoms with Crippen molar-refractivity contribution in [3.8, 4) is 11.5 Å². The van der Waals surface area contributed by atoms with Gasteiger partial charge in [0.05, 0.1) is 33.2 Å². The molecule has 2 rings (SSSR count). The predicted octanol–water partition coefficient (Wildman–Crippen LogP) is 3.33. The fourth-order valence-corrected chi connectivity index (χ4v) is 3.08. The third-order valence-corrected chi connectivity index (χ3v) is 4.11. The van der Waals surface area contributed by atoms with E-state index >= 15 is 0 Å². The number of aliphatic hydroxyl groups is 1. The average Bonchev–Trinajstić information content (AvgIpc) is 3.14. The molecule has 0 aliphatic carbocycles. The monoisotopic (exact) mass is 377 g/mol. The van der Waals surface area contributed by atoms with E-state index in [2.05, 4.69) is 18.7 Å². The molecule has 0 amide bonds. The van der Waals surface area contributed by atoms with Crippen LogP contribution in [0.25, 0.3) is 0 Å². The molecule has 0 spiro atoms. The molecule has 0 fully saturated rings. The Bertz CT molecular complexity index is 657. The molecule has 0 saturated heterocycles. The molecule has 1 N–H and O–H groups in total. The molecule has 2 aromatic rings. The van der Waals surface area contributed by atoms with E-state index in [0.29, 0.717) is 31.4 Å². The molecule has 27 heavy (non-hydrogen) atoms. The fourth-order valence-electron chi connectivity index (χ4n) is 3.08. The number of hydrogen-bond donors (Lipinski definition) is 1. The van der Waals surface area contributed by atoms with Gasteiger partial charge in [-0.05, 0) is 24.1 Å². The molecule has 150 valence electrons. The molecule has 6 nitrogen and oxygen atoms in total. The largest absolute Gasteiger partial charge is 0.493 e. The SMILES string of the molecule is COc1cccc(CN(CC(C)C)C[C@@H](O)COCc2ccco2)c1OC. The summed E-state index contributed by atoms with van der Waals surface area (Å²) in [5.74, 6) is 2.67. The Morgan fingerprint density at radius 2 is 1.89 bits per heavy atom. The molecule has 0 aliphatic heterocycles. The highest BCUT2D eigenvalue weighted by molar-refractivity contribution is 5.46. The Morgan fingerprint density at radius 1 is 1.07 bits per heavy atom. The molecule has 1 heterocycles. The van der Waals surface area contributed by atoms with Gasteiger partial charge in [-0.25, -0.2) is 0 Å². The summed E-state index contributed by atoms with van der Waals surface area (Å²) in [5.41, 5.74) is 1.03. The van der Waals surface area contributed by atoms with Crippen molar-refractivity contribution in [2.24, 2.45) is 5.92 Å². The van der Waals surface area contributed by atoms with Gasteiger partial charge < -0.3 is 23.7 Å². The average molecular weight is 377 g/mol. The zero-order valence-electron chi connectivity index (χ0n) is 16.7. The highest BCUT2D eigenvalue weighted by Crippen LogP contribution is 2.31. The van der Waals surface area contributed by atoms with Crippen molar-refractivity contribution in [3.05, 3.63) is 47.9 Å². The number of benzene rings is 1. The van der Waals surface area contributed by atoms with Gasteiger partial charge in [-0.3, -0.25) is 4.90 Å². The summed E-state index contributed by atoms with van der Waals surface area (Å²) in [6.45, 7) is 6.97. The van der Waals surface area contributed by atoms with Crippen LogP contribution in [0.2, 0.25) is 0 Å². The highest BCUT2D eigenvalue weighted by atomic mass is 16.5. The van der Waals surface area contributed by atoms with E-state index < -0.39 is 6.10 Å². The van der Waals surface area contributed by atoms with E-state index in [0.717, 1.165) is 23.6 Å². The number of rotatable bonds is 12. The Hall–Kier alpha value is -2.02. The van der Waals surface area contributed by atoms with Gasteiger partial charge in [0.2, 0.25) is 0 Å². The van der Waals surface area contributed by atoms with Crippen LogP contribution in [0.5, 0.6) is 11.5 Å². The summed E-state index contributed by atoms with van der Waals surface area (Å²) < 4.78 is 21.7. The van der Waals surface area contributed by atoms with E-state index in [1.165, 1.54) is 0 Å². The van der Waals surface area contributed by atoms with Crippen LogP contribution in [0.4, 0.5) is 0 Å². The van der Waals surface area contributed by atoms with Crippen LogP contribution in [-0.2, 0) is 17.9 Å². The third kappa shape index (κ3) is 6.90. The molecule has 1 aromatic heterocycles. The van der Waals surface area contributed by atoms with E-state index in [4.69, 9.17) is 18.6 Å².